The summed E-state index contributed by atoms with van der Waals surface area (Å²) in [6.45, 7) is -0.158. The van der Waals surface area contributed by atoms with Crippen molar-refractivity contribution in [1.82, 2.24) is 5.32 Å². The lowest BCUT2D eigenvalue weighted by Gasteiger charge is -2.08. The topological polar surface area (TPSA) is 78.4 Å². The number of hydrogen-bond acceptors (Lipinski definition) is 4. The van der Waals surface area contributed by atoms with Crippen LogP contribution in [0.1, 0.15) is 38.5 Å². The largest absolute Gasteiger partial charge is 0.392 e. The molecule has 0 spiro atoms. The molecule has 1 aromatic carbocycles. The van der Waals surface area contributed by atoms with Crippen molar-refractivity contribution in [2.45, 2.75) is 32.3 Å². The first kappa shape index (κ1) is 16.7. The molecule has 0 saturated carbocycles. The maximum Gasteiger partial charge on any atom is 0.261 e. The van der Waals surface area contributed by atoms with Crippen molar-refractivity contribution in [3.63, 3.8) is 0 Å². The molecule has 24 heavy (non-hydrogen) atoms. The molecule has 2 aromatic rings. The molecule has 0 bridgehead atoms. The molecule has 1 aromatic heterocycles. The molecule has 1 aliphatic carbocycles. The van der Waals surface area contributed by atoms with Crippen LogP contribution in [0.25, 0.3) is 0 Å². The fourth-order valence-corrected chi connectivity index (χ4v) is 3.97. The number of carbonyl (C=O) groups excluding carboxylic acids is 2. The number of benzene rings is 1. The third kappa shape index (κ3) is 4.01. The van der Waals surface area contributed by atoms with Gasteiger partial charge >= 0.3 is 0 Å². The van der Waals surface area contributed by atoms with Crippen LogP contribution in [0.2, 0.25) is 0 Å². The highest BCUT2D eigenvalue weighted by atomic mass is 32.1. The second-order valence-corrected chi connectivity index (χ2v) is 6.99. The van der Waals surface area contributed by atoms with Gasteiger partial charge in [0.15, 0.2) is 0 Å². The van der Waals surface area contributed by atoms with E-state index in [4.69, 9.17) is 5.11 Å². The van der Waals surface area contributed by atoms with Crippen LogP contribution in [0.15, 0.2) is 30.3 Å². The summed E-state index contributed by atoms with van der Waals surface area (Å²) in [5, 5.41) is 14.5. The van der Waals surface area contributed by atoms with Gasteiger partial charge in [-0.15, -0.1) is 11.3 Å². The third-order valence-electron chi connectivity index (χ3n) is 4.02. The van der Waals surface area contributed by atoms with Gasteiger partial charge in [0, 0.05) is 10.6 Å². The van der Waals surface area contributed by atoms with Crippen molar-refractivity contribution in [1.29, 1.82) is 0 Å². The summed E-state index contributed by atoms with van der Waals surface area (Å²) in [6.07, 6.45) is 4.46. The Hall–Kier alpha value is -2.18. The van der Waals surface area contributed by atoms with Crippen molar-refractivity contribution in [3.8, 4) is 0 Å². The van der Waals surface area contributed by atoms with Crippen LogP contribution < -0.4 is 10.6 Å². The van der Waals surface area contributed by atoms with Crippen LogP contribution in [0.3, 0.4) is 0 Å². The Morgan fingerprint density at radius 1 is 1.17 bits per heavy atom. The monoisotopic (exact) mass is 344 g/mol. The van der Waals surface area contributed by atoms with E-state index in [-0.39, 0.29) is 25.0 Å². The molecule has 126 valence electrons. The number of hydrogen-bond donors (Lipinski definition) is 3. The molecule has 3 rings (SSSR count). The minimum absolute atomic E-state index is 0.0786. The van der Waals surface area contributed by atoms with E-state index in [0.29, 0.717) is 10.6 Å². The fraction of sp³-hybridized carbons (Fsp3) is 0.333. The van der Waals surface area contributed by atoms with Crippen molar-refractivity contribution in [2.24, 2.45) is 0 Å². The molecular weight excluding hydrogens is 324 g/mol. The summed E-state index contributed by atoms with van der Waals surface area (Å²) in [5.74, 6) is -0.492. The number of amides is 2. The van der Waals surface area contributed by atoms with Crippen molar-refractivity contribution in [2.75, 3.05) is 11.9 Å². The Morgan fingerprint density at radius 2 is 2.00 bits per heavy atom. The number of aryl methyl sites for hydroxylation is 2. The molecule has 0 unspecified atom stereocenters. The highest BCUT2D eigenvalue weighted by molar-refractivity contribution is 7.14. The van der Waals surface area contributed by atoms with Gasteiger partial charge in [-0.25, -0.2) is 0 Å². The first-order valence-corrected chi connectivity index (χ1v) is 8.87. The molecule has 0 aliphatic heterocycles. The third-order valence-corrected chi connectivity index (χ3v) is 5.26. The van der Waals surface area contributed by atoms with E-state index >= 15 is 0 Å². The van der Waals surface area contributed by atoms with Crippen LogP contribution >= 0.6 is 11.3 Å². The number of thiophene rings is 1. The van der Waals surface area contributed by atoms with E-state index in [1.165, 1.54) is 34.6 Å². The van der Waals surface area contributed by atoms with Gasteiger partial charge in [-0.1, -0.05) is 12.1 Å². The molecule has 3 N–H and O–H groups in total. The molecule has 6 heteroatoms. The number of aliphatic hydroxyl groups excluding tert-OH is 1. The van der Waals surface area contributed by atoms with Crippen molar-refractivity contribution >= 4 is 28.8 Å². The molecule has 0 saturated heterocycles. The average Bonchev–Trinajstić information content (AvgIpc) is 3.04. The first-order chi connectivity index (χ1) is 11.7. The smallest absolute Gasteiger partial charge is 0.261 e. The number of rotatable bonds is 5. The van der Waals surface area contributed by atoms with Crippen molar-refractivity contribution < 1.29 is 14.7 Å². The fourth-order valence-electron chi connectivity index (χ4n) is 2.80. The molecule has 1 aliphatic rings. The number of carbonyl (C=O) groups is 2. The number of nitrogens with one attached hydrogen (secondary N) is 2. The lowest BCUT2D eigenvalue weighted by atomic mass is 9.99. The van der Waals surface area contributed by atoms with E-state index in [2.05, 4.69) is 10.6 Å². The Bertz CT molecular complexity index is 731. The van der Waals surface area contributed by atoms with Gasteiger partial charge in [0.05, 0.1) is 18.0 Å². The summed E-state index contributed by atoms with van der Waals surface area (Å²) >= 11 is 1.53. The SMILES string of the molecule is O=C(CNC(=O)c1cc2c(s1)CCCC2)Nc1cccc(CO)c1. The van der Waals surface area contributed by atoms with Crippen LogP contribution in [-0.4, -0.2) is 23.5 Å². The van der Waals surface area contributed by atoms with Gasteiger partial charge in [0.25, 0.3) is 5.91 Å². The molecule has 1 heterocycles. The van der Waals surface area contributed by atoms with E-state index in [0.717, 1.165) is 18.4 Å². The van der Waals surface area contributed by atoms with Crippen LogP contribution in [-0.2, 0) is 24.2 Å². The number of fused-ring (bicyclic) bond motifs is 1. The normalized spacial score (nSPS) is 13.2. The van der Waals surface area contributed by atoms with Gasteiger partial charge in [-0.3, -0.25) is 9.59 Å². The highest BCUT2D eigenvalue weighted by Crippen LogP contribution is 2.29. The minimum atomic E-state index is -0.292. The van der Waals surface area contributed by atoms with Gasteiger partial charge < -0.3 is 15.7 Å². The quantitative estimate of drug-likeness (QED) is 0.780. The maximum absolute atomic E-state index is 12.2. The molecule has 2 amide bonds. The van der Waals surface area contributed by atoms with Gasteiger partial charge in [-0.05, 0) is 55.0 Å². The summed E-state index contributed by atoms with van der Waals surface area (Å²) < 4.78 is 0. The predicted molar refractivity (Wildman–Crippen MR) is 94.3 cm³/mol. The number of aliphatic hydroxyl groups is 1. The average molecular weight is 344 g/mol. The van der Waals surface area contributed by atoms with Crippen LogP contribution in [0.4, 0.5) is 5.69 Å². The molecule has 0 atom stereocenters. The Balaban J connectivity index is 1.53. The van der Waals surface area contributed by atoms with Gasteiger partial charge in [0.2, 0.25) is 5.91 Å². The highest BCUT2D eigenvalue weighted by Gasteiger charge is 2.17. The molecular formula is C18H20N2O3S. The standard InChI is InChI=1S/C18H20N2O3S/c21-11-12-4-3-6-14(8-12)20-17(22)10-19-18(23)16-9-13-5-1-2-7-15(13)24-16/h3-4,6,8-9,21H,1-2,5,7,10-11H2,(H,19,23)(H,20,22). The zero-order valence-corrected chi connectivity index (χ0v) is 14.1. The first-order valence-electron chi connectivity index (χ1n) is 8.05. The Labute approximate surface area is 144 Å². The molecule has 0 radical (unpaired) electrons. The molecule has 0 fully saturated rings. The summed E-state index contributed by atoms with van der Waals surface area (Å²) in [6, 6.07) is 8.93. The maximum atomic E-state index is 12.2. The Kier molecular flexibility index (Phi) is 5.27. The van der Waals surface area contributed by atoms with E-state index < -0.39 is 0 Å². The van der Waals surface area contributed by atoms with Gasteiger partial charge in [-0.2, -0.15) is 0 Å². The summed E-state index contributed by atoms with van der Waals surface area (Å²) in [5.41, 5.74) is 2.61. The lowest BCUT2D eigenvalue weighted by molar-refractivity contribution is -0.115. The van der Waals surface area contributed by atoms with Crippen LogP contribution in [0, 0.1) is 0 Å². The van der Waals surface area contributed by atoms with E-state index in [1.807, 2.05) is 6.07 Å². The predicted octanol–water partition coefficient (Wildman–Crippen LogP) is 2.49. The zero-order chi connectivity index (χ0) is 16.9. The zero-order valence-electron chi connectivity index (χ0n) is 13.3. The van der Waals surface area contributed by atoms with Gasteiger partial charge in [0.1, 0.15) is 0 Å². The minimum Gasteiger partial charge on any atom is -0.392 e. The summed E-state index contributed by atoms with van der Waals surface area (Å²) in [4.78, 5) is 26.1. The molecule has 5 nitrogen and oxygen atoms in total. The lowest BCUT2D eigenvalue weighted by Crippen LogP contribution is -2.32. The Morgan fingerprint density at radius 3 is 2.79 bits per heavy atom. The van der Waals surface area contributed by atoms with E-state index in [9.17, 15) is 9.59 Å². The number of anilines is 1. The van der Waals surface area contributed by atoms with Crippen molar-refractivity contribution in [3.05, 3.63) is 51.2 Å². The summed E-state index contributed by atoms with van der Waals surface area (Å²) in [7, 11) is 0. The second-order valence-electron chi connectivity index (χ2n) is 5.86. The van der Waals surface area contributed by atoms with Crippen LogP contribution in [0.5, 0.6) is 0 Å². The van der Waals surface area contributed by atoms with E-state index in [1.54, 1.807) is 24.3 Å². The second kappa shape index (κ2) is 7.59.